The van der Waals surface area contributed by atoms with Crippen molar-refractivity contribution in [1.29, 1.82) is 0 Å². The van der Waals surface area contributed by atoms with Gasteiger partial charge in [-0.15, -0.1) is 0 Å². The van der Waals surface area contributed by atoms with Gasteiger partial charge in [-0.05, 0) is 48.3 Å². The number of carbonyl (C=O) groups excluding carboxylic acids is 1. The summed E-state index contributed by atoms with van der Waals surface area (Å²) in [6, 6.07) is 13.5. The average Bonchev–Trinajstić information content (AvgIpc) is 2.94. The van der Waals surface area contributed by atoms with Crippen LogP contribution < -0.4 is 9.47 Å². The molecule has 0 atom stereocenters. The molecule has 3 aromatic rings. The molecule has 1 aromatic heterocycles. The summed E-state index contributed by atoms with van der Waals surface area (Å²) in [4.78, 5) is 12.5. The number of halogens is 1. The molecule has 0 saturated heterocycles. The lowest BCUT2D eigenvalue weighted by Gasteiger charge is -2.20. The van der Waals surface area contributed by atoms with E-state index in [2.05, 4.69) is 15.9 Å². The number of aromatic nitrogens is 1. The van der Waals surface area contributed by atoms with Crippen LogP contribution in [0.2, 0.25) is 0 Å². The van der Waals surface area contributed by atoms with E-state index in [-0.39, 0.29) is 0 Å². The first-order chi connectivity index (χ1) is 12.8. The third kappa shape index (κ3) is 4.45. The Hall–Kier alpha value is -2.47. The van der Waals surface area contributed by atoms with E-state index in [0.717, 1.165) is 15.4 Å². The van der Waals surface area contributed by atoms with Gasteiger partial charge in [0.25, 0.3) is 0 Å². The van der Waals surface area contributed by atoms with Gasteiger partial charge in [-0.25, -0.2) is 4.79 Å². The summed E-state index contributed by atoms with van der Waals surface area (Å²) in [6.45, 7) is 5.93. The second-order valence-corrected chi connectivity index (χ2v) is 7.98. The maximum atomic E-state index is 12.5. The molecular formula is C21H22BrNO4. The number of benzene rings is 2. The number of ether oxygens (including phenoxy) is 3. The van der Waals surface area contributed by atoms with Gasteiger partial charge in [0, 0.05) is 22.1 Å². The predicted molar refractivity (Wildman–Crippen MR) is 109 cm³/mol. The quantitative estimate of drug-likeness (QED) is 0.525. The number of methoxy groups -OCH3 is 1. The summed E-state index contributed by atoms with van der Waals surface area (Å²) >= 11 is 3.52. The summed E-state index contributed by atoms with van der Waals surface area (Å²) in [5, 5.41) is 0.838. The molecule has 2 aromatic carbocycles. The molecule has 1 heterocycles. The number of nitrogens with zero attached hydrogens (tertiary/aromatic N) is 1. The number of fused-ring (bicyclic) bond motifs is 1. The van der Waals surface area contributed by atoms with Crippen molar-refractivity contribution in [2.45, 2.75) is 33.0 Å². The number of carbonyl (C=O) groups is 1. The zero-order chi connectivity index (χ0) is 19.6. The summed E-state index contributed by atoms with van der Waals surface area (Å²) in [7, 11) is 1.58. The fourth-order valence-electron chi connectivity index (χ4n) is 2.66. The van der Waals surface area contributed by atoms with Crippen LogP contribution in [0, 0.1) is 0 Å². The second-order valence-electron chi connectivity index (χ2n) is 7.12. The molecule has 6 heteroatoms. The third-order valence-electron chi connectivity index (χ3n) is 3.87. The van der Waals surface area contributed by atoms with Crippen molar-refractivity contribution in [3.8, 4) is 11.5 Å². The van der Waals surface area contributed by atoms with Crippen molar-refractivity contribution in [1.82, 2.24) is 4.57 Å². The van der Waals surface area contributed by atoms with Crippen molar-refractivity contribution in [3.05, 3.63) is 58.7 Å². The molecule has 0 bridgehead atoms. The lowest BCUT2D eigenvalue weighted by Crippen LogP contribution is -2.26. The zero-order valence-electron chi connectivity index (χ0n) is 15.8. The first-order valence-corrected chi connectivity index (χ1v) is 9.36. The highest BCUT2D eigenvalue weighted by Gasteiger charge is 2.22. The van der Waals surface area contributed by atoms with E-state index in [4.69, 9.17) is 14.2 Å². The van der Waals surface area contributed by atoms with Crippen LogP contribution in [-0.2, 0) is 11.3 Å². The summed E-state index contributed by atoms with van der Waals surface area (Å²) < 4.78 is 19.2. The second kappa shape index (κ2) is 7.64. The van der Waals surface area contributed by atoms with Crippen LogP contribution >= 0.6 is 15.9 Å². The molecule has 142 valence electrons. The Morgan fingerprint density at radius 2 is 1.81 bits per heavy atom. The van der Waals surface area contributed by atoms with E-state index in [1.54, 1.807) is 19.4 Å². The van der Waals surface area contributed by atoms with Gasteiger partial charge in [0.05, 0.1) is 12.6 Å². The molecule has 3 rings (SSSR count). The van der Waals surface area contributed by atoms with Crippen molar-refractivity contribution < 1.29 is 19.0 Å². The van der Waals surface area contributed by atoms with E-state index in [0.29, 0.717) is 23.6 Å². The molecule has 0 N–H and O–H groups in total. The van der Waals surface area contributed by atoms with Crippen molar-refractivity contribution >= 4 is 32.9 Å². The Labute approximate surface area is 167 Å². The lowest BCUT2D eigenvalue weighted by atomic mass is 10.2. The molecule has 0 aliphatic rings. The predicted octanol–water partition coefficient (Wildman–Crippen LogP) is 5.77. The third-order valence-corrected chi connectivity index (χ3v) is 4.50. The summed E-state index contributed by atoms with van der Waals surface area (Å²) in [5.41, 5.74) is 1.16. The first kappa shape index (κ1) is 19.3. The minimum Gasteiger partial charge on any atom is -0.493 e. The van der Waals surface area contributed by atoms with E-state index >= 15 is 0 Å². The Balaban J connectivity index is 1.96. The normalized spacial score (nSPS) is 11.4. The highest BCUT2D eigenvalue weighted by Crippen LogP contribution is 2.37. The maximum Gasteiger partial charge on any atom is 0.419 e. The molecule has 0 fully saturated rings. The van der Waals surface area contributed by atoms with E-state index < -0.39 is 11.7 Å². The fraction of sp³-hybridized carbons (Fsp3) is 0.286. The lowest BCUT2D eigenvalue weighted by molar-refractivity contribution is 0.0544. The van der Waals surface area contributed by atoms with Gasteiger partial charge in [0.15, 0.2) is 11.5 Å². The molecule has 0 unspecified atom stereocenters. The van der Waals surface area contributed by atoms with Crippen molar-refractivity contribution in [2.75, 3.05) is 7.11 Å². The maximum absolute atomic E-state index is 12.5. The smallest absolute Gasteiger partial charge is 0.419 e. The largest absolute Gasteiger partial charge is 0.493 e. The van der Waals surface area contributed by atoms with E-state index in [1.165, 1.54) is 4.57 Å². The minimum absolute atomic E-state index is 0.424. The molecule has 0 radical (unpaired) electrons. The molecule has 0 aliphatic carbocycles. The Morgan fingerprint density at radius 3 is 2.44 bits per heavy atom. The molecule has 0 spiro atoms. The number of rotatable bonds is 4. The minimum atomic E-state index is -0.580. The van der Waals surface area contributed by atoms with Gasteiger partial charge < -0.3 is 14.2 Å². The van der Waals surface area contributed by atoms with Crippen LogP contribution in [0.1, 0.15) is 26.3 Å². The molecule has 0 saturated carbocycles. The van der Waals surface area contributed by atoms with Gasteiger partial charge in [0.1, 0.15) is 12.2 Å². The van der Waals surface area contributed by atoms with E-state index in [9.17, 15) is 4.79 Å². The van der Waals surface area contributed by atoms with E-state index in [1.807, 2.05) is 57.2 Å². The molecular weight excluding hydrogens is 410 g/mol. The van der Waals surface area contributed by atoms with Gasteiger partial charge in [0.2, 0.25) is 0 Å². The van der Waals surface area contributed by atoms with Crippen LogP contribution in [-0.4, -0.2) is 23.4 Å². The summed E-state index contributed by atoms with van der Waals surface area (Å²) in [5.74, 6) is 1.16. The highest BCUT2D eigenvalue weighted by atomic mass is 79.9. The monoisotopic (exact) mass is 431 g/mol. The number of hydrogen-bond acceptors (Lipinski definition) is 4. The number of hydrogen-bond donors (Lipinski definition) is 0. The summed E-state index contributed by atoms with van der Waals surface area (Å²) in [6.07, 6.45) is 1.25. The molecule has 5 nitrogen and oxygen atoms in total. The SMILES string of the molecule is COc1cc2c(cc1OCc1ccccc1)c(Br)cn2C(=O)OC(C)(C)C. The topological polar surface area (TPSA) is 49.7 Å². The Bertz CT molecular complexity index is 958. The molecule has 27 heavy (non-hydrogen) atoms. The van der Waals surface area contributed by atoms with Gasteiger partial charge in [-0.3, -0.25) is 4.57 Å². The standard InChI is InChI=1S/C21H22BrNO4/c1-21(2,3)27-20(24)23-12-16(22)15-10-19(18(25-4)11-17(15)23)26-13-14-8-6-5-7-9-14/h5-12H,13H2,1-4H3. The van der Waals surface area contributed by atoms with Crippen LogP contribution in [0.4, 0.5) is 4.79 Å². The molecule has 0 amide bonds. The average molecular weight is 432 g/mol. The van der Waals surface area contributed by atoms with Gasteiger partial charge >= 0.3 is 6.09 Å². The van der Waals surface area contributed by atoms with Gasteiger partial charge in [-0.2, -0.15) is 0 Å². The Kier molecular flexibility index (Phi) is 5.46. The highest BCUT2D eigenvalue weighted by molar-refractivity contribution is 9.10. The molecule has 0 aliphatic heterocycles. The first-order valence-electron chi connectivity index (χ1n) is 8.57. The van der Waals surface area contributed by atoms with Gasteiger partial charge in [-0.1, -0.05) is 30.3 Å². The van der Waals surface area contributed by atoms with Crippen LogP contribution in [0.15, 0.2) is 53.1 Å². The van der Waals surface area contributed by atoms with Crippen LogP contribution in [0.3, 0.4) is 0 Å². The Morgan fingerprint density at radius 1 is 1.11 bits per heavy atom. The van der Waals surface area contributed by atoms with Crippen molar-refractivity contribution in [3.63, 3.8) is 0 Å². The fourth-order valence-corrected chi connectivity index (χ4v) is 3.18. The zero-order valence-corrected chi connectivity index (χ0v) is 17.4. The van der Waals surface area contributed by atoms with Crippen LogP contribution in [0.25, 0.3) is 10.9 Å². The van der Waals surface area contributed by atoms with Crippen molar-refractivity contribution in [2.24, 2.45) is 0 Å². The van der Waals surface area contributed by atoms with Crippen LogP contribution in [0.5, 0.6) is 11.5 Å².